The first kappa shape index (κ1) is 13.5. The molecule has 6 heteroatoms. The molecule has 2 aromatic rings. The van der Waals surface area contributed by atoms with Crippen molar-refractivity contribution in [3.05, 3.63) is 41.3 Å². The lowest BCUT2D eigenvalue weighted by Crippen LogP contribution is -2.14. The summed E-state index contributed by atoms with van der Waals surface area (Å²) < 4.78 is 7.09. The van der Waals surface area contributed by atoms with E-state index >= 15 is 0 Å². The van der Waals surface area contributed by atoms with Gasteiger partial charge in [-0.15, -0.1) is 0 Å². The van der Waals surface area contributed by atoms with E-state index in [1.54, 1.807) is 6.07 Å². The van der Waals surface area contributed by atoms with Gasteiger partial charge in [0.2, 0.25) is 0 Å². The predicted octanol–water partition coefficient (Wildman–Crippen LogP) is 3.58. The Bertz CT molecular complexity index is 664. The second kappa shape index (κ2) is 5.35. The lowest BCUT2D eigenvalue weighted by molar-refractivity contribution is 0.102. The summed E-state index contributed by atoms with van der Waals surface area (Å²) >= 11 is 7.33. The number of halogens is 3. The Labute approximate surface area is 132 Å². The van der Waals surface area contributed by atoms with Crippen LogP contribution >= 0.6 is 61.1 Å². The molecule has 2 rings (SSSR count). The van der Waals surface area contributed by atoms with Crippen LogP contribution in [0.5, 0.6) is 0 Å². The van der Waals surface area contributed by atoms with Crippen molar-refractivity contribution in [2.75, 3.05) is 5.33 Å². The molecule has 17 heavy (non-hydrogen) atoms. The highest BCUT2D eigenvalue weighted by Gasteiger charge is 2.14. The normalized spacial score (nSPS) is 10.8. The largest absolute Gasteiger partial charge is 0.421 e. The number of benzene rings is 1. The number of ketones is 1. The van der Waals surface area contributed by atoms with E-state index in [0.717, 1.165) is 12.5 Å². The molecule has 0 radical (unpaired) electrons. The van der Waals surface area contributed by atoms with E-state index in [1.807, 2.05) is 12.1 Å². The fraction of sp³-hybridized carbons (Fsp3) is 0.0909. The van der Waals surface area contributed by atoms with Gasteiger partial charge >= 0.3 is 5.63 Å². The van der Waals surface area contributed by atoms with Crippen molar-refractivity contribution >= 4 is 77.9 Å². The Morgan fingerprint density at radius 2 is 2.00 bits per heavy atom. The molecule has 0 bridgehead atoms. The van der Waals surface area contributed by atoms with Gasteiger partial charge in [0.15, 0.2) is 11.4 Å². The average molecular weight is 519 g/mol. The molecule has 3 nitrogen and oxygen atoms in total. The minimum Gasteiger partial charge on any atom is -0.421 e. The van der Waals surface area contributed by atoms with Crippen LogP contribution in [-0.4, -0.2) is 11.1 Å². The molecule has 1 aromatic carbocycles. The summed E-state index contributed by atoms with van der Waals surface area (Å²) in [7, 11) is 0. The van der Waals surface area contributed by atoms with Gasteiger partial charge in [-0.1, -0.05) is 15.9 Å². The zero-order valence-electron chi connectivity index (χ0n) is 8.30. The van der Waals surface area contributed by atoms with Crippen LogP contribution in [0.3, 0.4) is 0 Å². The maximum absolute atomic E-state index is 11.7. The van der Waals surface area contributed by atoms with Crippen molar-refractivity contribution in [1.82, 2.24) is 0 Å². The Morgan fingerprint density at radius 3 is 2.65 bits per heavy atom. The SMILES string of the molecule is O=C(CBr)c1cc2cc(I)cc(I)c2oc1=O. The van der Waals surface area contributed by atoms with Gasteiger partial charge in [-0.25, -0.2) is 4.79 Å². The van der Waals surface area contributed by atoms with E-state index in [0.29, 0.717) is 5.58 Å². The monoisotopic (exact) mass is 518 g/mol. The Morgan fingerprint density at radius 1 is 1.29 bits per heavy atom. The van der Waals surface area contributed by atoms with Crippen LogP contribution in [-0.2, 0) is 0 Å². The molecule has 0 aliphatic carbocycles. The number of rotatable bonds is 2. The van der Waals surface area contributed by atoms with E-state index in [9.17, 15) is 9.59 Å². The molecule has 1 heterocycles. The van der Waals surface area contributed by atoms with Gasteiger partial charge in [0, 0.05) is 8.96 Å². The third-order valence-electron chi connectivity index (χ3n) is 2.17. The maximum Gasteiger partial charge on any atom is 0.347 e. The average Bonchev–Trinajstić information content (AvgIpc) is 2.28. The number of hydrogen-bond donors (Lipinski definition) is 0. The number of Topliss-reactive ketones (excluding diaryl/α,β-unsaturated/α-hetero) is 1. The van der Waals surface area contributed by atoms with Gasteiger partial charge in [-0.3, -0.25) is 4.79 Å². The van der Waals surface area contributed by atoms with Crippen molar-refractivity contribution in [3.8, 4) is 0 Å². The lowest BCUT2D eigenvalue weighted by Gasteiger charge is -2.02. The topological polar surface area (TPSA) is 47.3 Å². The molecule has 0 atom stereocenters. The van der Waals surface area contributed by atoms with Crippen LogP contribution < -0.4 is 5.63 Å². The van der Waals surface area contributed by atoms with Crippen LogP contribution in [0.1, 0.15) is 10.4 Å². The highest BCUT2D eigenvalue weighted by molar-refractivity contribution is 14.1. The lowest BCUT2D eigenvalue weighted by atomic mass is 10.1. The first-order chi connectivity index (χ1) is 8.02. The molecule has 0 aliphatic heterocycles. The van der Waals surface area contributed by atoms with Crippen molar-refractivity contribution in [2.24, 2.45) is 0 Å². The Hall–Kier alpha value is 0.0400. The predicted molar refractivity (Wildman–Crippen MR) is 86.0 cm³/mol. The van der Waals surface area contributed by atoms with Crippen LogP contribution in [0.4, 0.5) is 0 Å². The summed E-state index contributed by atoms with van der Waals surface area (Å²) in [6, 6.07) is 5.39. The van der Waals surface area contributed by atoms with Gasteiger partial charge in [-0.2, -0.15) is 0 Å². The summed E-state index contributed by atoms with van der Waals surface area (Å²) in [5.41, 5.74) is 0.0374. The second-order valence-electron chi connectivity index (χ2n) is 3.31. The van der Waals surface area contributed by atoms with Gasteiger partial charge in [0.1, 0.15) is 5.56 Å². The summed E-state index contributed by atoms with van der Waals surface area (Å²) in [5, 5.41) is 0.884. The highest BCUT2D eigenvalue weighted by atomic mass is 127. The quantitative estimate of drug-likeness (QED) is 0.264. The van der Waals surface area contributed by atoms with Crippen LogP contribution in [0.25, 0.3) is 11.0 Å². The maximum atomic E-state index is 11.7. The fourth-order valence-corrected chi connectivity index (χ4v) is 3.73. The van der Waals surface area contributed by atoms with Crippen LogP contribution in [0.15, 0.2) is 27.4 Å². The highest BCUT2D eigenvalue weighted by Crippen LogP contribution is 2.23. The number of carbonyl (C=O) groups is 1. The van der Waals surface area contributed by atoms with E-state index < -0.39 is 5.63 Å². The van der Waals surface area contributed by atoms with Gasteiger partial charge in [0.05, 0.1) is 8.90 Å². The number of hydrogen-bond acceptors (Lipinski definition) is 3. The molecule has 0 fully saturated rings. The van der Waals surface area contributed by atoms with E-state index in [2.05, 4.69) is 61.1 Å². The molecule has 0 N–H and O–H groups in total. The number of alkyl halides is 1. The van der Waals surface area contributed by atoms with Crippen LogP contribution in [0.2, 0.25) is 0 Å². The molecule has 1 aromatic heterocycles. The summed E-state index contributed by atoms with van der Waals surface area (Å²) in [6.45, 7) is 0. The smallest absolute Gasteiger partial charge is 0.347 e. The van der Waals surface area contributed by atoms with Crippen molar-refractivity contribution in [2.45, 2.75) is 0 Å². The molecule has 0 amide bonds. The molecular weight excluding hydrogens is 514 g/mol. The summed E-state index contributed by atoms with van der Waals surface area (Å²) in [4.78, 5) is 23.2. The Kier molecular flexibility index (Phi) is 4.24. The first-order valence-electron chi connectivity index (χ1n) is 4.55. The van der Waals surface area contributed by atoms with Gasteiger partial charge < -0.3 is 4.42 Å². The van der Waals surface area contributed by atoms with E-state index in [1.165, 1.54) is 0 Å². The van der Waals surface area contributed by atoms with Gasteiger partial charge in [0.25, 0.3) is 0 Å². The minimum atomic E-state index is -0.582. The molecule has 88 valence electrons. The molecule has 0 unspecified atom stereocenters. The second-order valence-corrected chi connectivity index (χ2v) is 6.28. The van der Waals surface area contributed by atoms with E-state index in [-0.39, 0.29) is 16.7 Å². The van der Waals surface area contributed by atoms with Crippen LogP contribution in [0, 0.1) is 7.14 Å². The van der Waals surface area contributed by atoms with Gasteiger partial charge in [-0.05, 0) is 63.4 Å². The third kappa shape index (κ3) is 2.73. The zero-order chi connectivity index (χ0) is 12.6. The molecule has 0 spiro atoms. The molecule has 0 saturated heterocycles. The molecule has 0 aliphatic rings. The molecule has 0 saturated carbocycles. The molecular formula is C11H5BrI2O3. The first-order valence-corrected chi connectivity index (χ1v) is 7.83. The van der Waals surface area contributed by atoms with Crippen molar-refractivity contribution in [1.29, 1.82) is 0 Å². The number of fused-ring (bicyclic) bond motifs is 1. The fourth-order valence-electron chi connectivity index (χ4n) is 1.42. The minimum absolute atomic E-state index is 0.0900. The Balaban J connectivity index is 2.81. The summed E-state index contributed by atoms with van der Waals surface area (Å²) in [6.07, 6.45) is 0. The zero-order valence-corrected chi connectivity index (χ0v) is 14.2. The third-order valence-corrected chi connectivity index (χ3v) is 4.11. The van der Waals surface area contributed by atoms with Crippen molar-refractivity contribution in [3.63, 3.8) is 0 Å². The summed E-state index contributed by atoms with van der Waals surface area (Å²) in [5.74, 6) is -0.269. The van der Waals surface area contributed by atoms with Crippen molar-refractivity contribution < 1.29 is 9.21 Å². The standard InChI is InChI=1S/C11H5BrI2O3/c12-4-9(15)7-2-5-1-6(13)3-8(14)10(5)17-11(7)16/h1-3H,4H2. The number of carbonyl (C=O) groups excluding carboxylic acids is 1. The van der Waals surface area contributed by atoms with E-state index in [4.69, 9.17) is 4.42 Å².